The van der Waals surface area contributed by atoms with Crippen LogP contribution in [0.15, 0.2) is 22.2 Å². The molecule has 1 N–H and O–H groups in total. The Morgan fingerprint density at radius 1 is 1.32 bits per heavy atom. The summed E-state index contributed by atoms with van der Waals surface area (Å²) in [6, 6.07) is 1.90. The molecule has 0 saturated carbocycles. The molecule has 1 heterocycles. The molecule has 0 saturated heterocycles. The van der Waals surface area contributed by atoms with Gasteiger partial charge in [-0.2, -0.15) is 0 Å². The second-order valence-corrected chi connectivity index (χ2v) is 6.36. The number of aromatic amines is 1. The zero-order valence-corrected chi connectivity index (χ0v) is 15.1. The Morgan fingerprint density at radius 3 is 2.72 bits per heavy atom. The van der Waals surface area contributed by atoms with Gasteiger partial charge in [0.15, 0.2) is 5.78 Å². The highest BCUT2D eigenvalue weighted by molar-refractivity contribution is 6.13. The van der Waals surface area contributed by atoms with Gasteiger partial charge < -0.3 is 9.94 Å². The van der Waals surface area contributed by atoms with Crippen molar-refractivity contribution in [2.24, 2.45) is 5.16 Å². The molecule has 0 unspecified atom stereocenters. The van der Waals surface area contributed by atoms with E-state index in [9.17, 15) is 9.59 Å². The number of nitrogens with one attached hydrogen (secondary N) is 1. The molecule has 0 aliphatic heterocycles. The van der Waals surface area contributed by atoms with Gasteiger partial charge in [-0.25, -0.2) is 0 Å². The van der Waals surface area contributed by atoms with Crippen molar-refractivity contribution < 1.29 is 9.63 Å². The van der Waals surface area contributed by atoms with E-state index in [2.05, 4.69) is 10.3 Å². The number of rotatable bonds is 4. The van der Waals surface area contributed by atoms with E-state index in [1.807, 2.05) is 26.8 Å². The minimum atomic E-state index is -0.284. The third kappa shape index (κ3) is 2.81. The zero-order chi connectivity index (χ0) is 18.1. The second-order valence-electron chi connectivity index (χ2n) is 6.36. The van der Waals surface area contributed by atoms with Crippen molar-refractivity contribution in [3.05, 3.63) is 56.0 Å². The number of aryl methyl sites for hydroxylation is 2. The van der Waals surface area contributed by atoms with Crippen LogP contribution in [0.1, 0.15) is 57.9 Å². The van der Waals surface area contributed by atoms with E-state index >= 15 is 0 Å². The smallest absolute Gasteiger partial charge is 0.277 e. The van der Waals surface area contributed by atoms with E-state index in [0.717, 1.165) is 41.7 Å². The quantitative estimate of drug-likeness (QED) is 0.686. The fourth-order valence-electron chi connectivity index (χ4n) is 3.63. The maximum absolute atomic E-state index is 13.0. The monoisotopic (exact) mass is 341 g/mol. The van der Waals surface area contributed by atoms with Crippen LogP contribution >= 0.6 is 0 Å². The topological polar surface area (TPSA) is 76.4 Å². The number of H-pyrrole nitrogens is 1. The molecule has 1 aromatic carbocycles. The molecule has 1 aliphatic rings. The Hall–Kier alpha value is -2.63. The average molecular weight is 341 g/mol. The third-order valence-electron chi connectivity index (χ3n) is 4.89. The molecule has 0 radical (unpaired) electrons. The van der Waals surface area contributed by atoms with Gasteiger partial charge in [0.1, 0.15) is 12.7 Å². The first-order chi connectivity index (χ1) is 12.0. The summed E-state index contributed by atoms with van der Waals surface area (Å²) in [5.74, 6) is -0.251. The van der Waals surface area contributed by atoms with Gasteiger partial charge >= 0.3 is 0 Å². The summed E-state index contributed by atoms with van der Waals surface area (Å²) in [5.41, 5.74) is 5.46. The number of carbonyl (C=O) groups excluding carboxylic acids is 1. The lowest BCUT2D eigenvalue weighted by Gasteiger charge is -2.23. The molecule has 25 heavy (non-hydrogen) atoms. The lowest BCUT2D eigenvalue weighted by atomic mass is 9.81. The first-order valence-corrected chi connectivity index (χ1v) is 8.56. The van der Waals surface area contributed by atoms with E-state index in [1.165, 1.54) is 23.6 Å². The number of fused-ring (bicyclic) bond motifs is 1. The zero-order valence-electron chi connectivity index (χ0n) is 15.1. The summed E-state index contributed by atoms with van der Waals surface area (Å²) in [4.78, 5) is 30.3. The molecular weight excluding hydrogens is 318 g/mol. The van der Waals surface area contributed by atoms with E-state index in [-0.39, 0.29) is 16.9 Å². The lowest BCUT2D eigenvalue weighted by molar-refractivity contribution is 0.103. The summed E-state index contributed by atoms with van der Waals surface area (Å²) in [6.07, 6.45) is 4.30. The van der Waals surface area contributed by atoms with Crippen LogP contribution in [0, 0.1) is 13.8 Å². The standard InChI is InChI=1S/C19H23N3O3/c1-5-22-19(24)15(10-20-22)18(23)14-9-11(2)13-7-6-8-16(21-25-4)17(13)12(14)3/h9-10,20H,5-8H2,1-4H3/b21-16+. The summed E-state index contributed by atoms with van der Waals surface area (Å²) >= 11 is 0. The van der Waals surface area contributed by atoms with Crippen LogP contribution in [0.4, 0.5) is 0 Å². The molecule has 6 nitrogen and oxygen atoms in total. The maximum atomic E-state index is 13.0. The van der Waals surface area contributed by atoms with Crippen molar-refractivity contribution in [2.75, 3.05) is 7.11 Å². The lowest BCUT2D eigenvalue weighted by Crippen LogP contribution is -2.23. The minimum Gasteiger partial charge on any atom is -0.399 e. The van der Waals surface area contributed by atoms with Crippen molar-refractivity contribution in [3.63, 3.8) is 0 Å². The molecule has 0 spiro atoms. The van der Waals surface area contributed by atoms with Crippen LogP contribution in [0.5, 0.6) is 0 Å². The summed E-state index contributed by atoms with van der Waals surface area (Å²) in [6.45, 7) is 6.28. The van der Waals surface area contributed by atoms with Gasteiger partial charge in [-0.1, -0.05) is 5.16 Å². The fourth-order valence-corrected chi connectivity index (χ4v) is 3.63. The van der Waals surface area contributed by atoms with Crippen LogP contribution < -0.4 is 5.56 Å². The van der Waals surface area contributed by atoms with Crippen molar-refractivity contribution in [1.82, 2.24) is 9.78 Å². The van der Waals surface area contributed by atoms with Crippen LogP contribution in [0.25, 0.3) is 0 Å². The number of ketones is 1. The SMILES string of the molecule is CCn1[nH]cc(C(=O)c2cc(C)c3c(c2C)/C(=N/OC)CCC3)c1=O. The predicted molar refractivity (Wildman–Crippen MR) is 96.6 cm³/mol. The van der Waals surface area contributed by atoms with E-state index < -0.39 is 0 Å². The molecular formula is C19H23N3O3. The molecule has 0 atom stereocenters. The number of aromatic nitrogens is 2. The number of carbonyl (C=O) groups is 1. The largest absolute Gasteiger partial charge is 0.399 e. The van der Waals surface area contributed by atoms with Gasteiger partial charge in [-0.05, 0) is 62.8 Å². The Bertz CT molecular complexity index is 919. The molecule has 132 valence electrons. The van der Waals surface area contributed by atoms with Crippen molar-refractivity contribution in [2.45, 2.75) is 46.6 Å². The van der Waals surface area contributed by atoms with E-state index in [1.54, 1.807) is 0 Å². The van der Waals surface area contributed by atoms with Crippen molar-refractivity contribution in [1.29, 1.82) is 0 Å². The molecule has 1 aliphatic carbocycles. The van der Waals surface area contributed by atoms with E-state index in [4.69, 9.17) is 4.84 Å². The van der Waals surface area contributed by atoms with Gasteiger partial charge in [0, 0.05) is 23.9 Å². The Balaban J connectivity index is 2.18. The molecule has 1 aromatic heterocycles. The van der Waals surface area contributed by atoms with Crippen molar-refractivity contribution in [3.8, 4) is 0 Å². The number of hydrogen-bond donors (Lipinski definition) is 1. The van der Waals surface area contributed by atoms with Crippen LogP contribution in [-0.4, -0.2) is 28.4 Å². The molecule has 6 heteroatoms. The van der Waals surface area contributed by atoms with Gasteiger partial charge in [0.05, 0.1) is 5.71 Å². The number of hydrogen-bond acceptors (Lipinski definition) is 4. The highest BCUT2D eigenvalue weighted by atomic mass is 16.6. The van der Waals surface area contributed by atoms with Crippen molar-refractivity contribution >= 4 is 11.5 Å². The van der Waals surface area contributed by atoms with Gasteiger partial charge in [-0.3, -0.25) is 14.3 Å². The Morgan fingerprint density at radius 2 is 2.08 bits per heavy atom. The van der Waals surface area contributed by atoms with Crippen LogP contribution in [0.2, 0.25) is 0 Å². The molecule has 0 fully saturated rings. The fraction of sp³-hybridized carbons (Fsp3) is 0.421. The molecule has 3 rings (SSSR count). The Kier molecular flexibility index (Phi) is 4.61. The first-order valence-electron chi connectivity index (χ1n) is 8.56. The third-order valence-corrected chi connectivity index (χ3v) is 4.89. The van der Waals surface area contributed by atoms with Gasteiger partial charge in [0.25, 0.3) is 5.56 Å². The summed E-state index contributed by atoms with van der Waals surface area (Å²) in [7, 11) is 1.53. The molecule has 0 amide bonds. The normalized spacial score (nSPS) is 15.3. The summed E-state index contributed by atoms with van der Waals surface area (Å²) in [5, 5.41) is 7.01. The van der Waals surface area contributed by atoms with E-state index in [0.29, 0.717) is 12.1 Å². The van der Waals surface area contributed by atoms with Gasteiger partial charge in [0.2, 0.25) is 0 Å². The molecule has 0 bridgehead atoms. The average Bonchev–Trinajstić information content (AvgIpc) is 2.98. The minimum absolute atomic E-state index is 0.172. The predicted octanol–water partition coefficient (Wildman–Crippen LogP) is 2.73. The number of oxime groups is 1. The second kappa shape index (κ2) is 6.70. The first kappa shape index (κ1) is 17.2. The molecule has 2 aromatic rings. The van der Waals surface area contributed by atoms with Crippen LogP contribution in [0.3, 0.4) is 0 Å². The number of benzene rings is 1. The van der Waals surface area contributed by atoms with Gasteiger partial charge in [-0.15, -0.1) is 0 Å². The Labute approximate surface area is 146 Å². The highest BCUT2D eigenvalue weighted by Gasteiger charge is 2.26. The summed E-state index contributed by atoms with van der Waals surface area (Å²) < 4.78 is 1.42. The van der Waals surface area contributed by atoms with Crippen LogP contribution in [-0.2, 0) is 17.8 Å². The highest BCUT2D eigenvalue weighted by Crippen LogP contribution is 2.31. The maximum Gasteiger partial charge on any atom is 0.277 e. The number of nitrogens with zero attached hydrogens (tertiary/aromatic N) is 2.